The van der Waals surface area contributed by atoms with E-state index in [-0.39, 0.29) is 0 Å². The van der Waals surface area contributed by atoms with E-state index in [0.717, 1.165) is 52.7 Å². The van der Waals surface area contributed by atoms with Crippen molar-refractivity contribution in [1.82, 2.24) is 14.6 Å². The first-order valence-electron chi connectivity index (χ1n) is 6.88. The molecule has 1 fully saturated rings. The zero-order chi connectivity index (χ0) is 13.6. The number of hydrogen-bond donors (Lipinski definition) is 2. The highest BCUT2D eigenvalue weighted by atomic mass is 32.1. The van der Waals surface area contributed by atoms with Crippen LogP contribution in [0.2, 0.25) is 0 Å². The van der Waals surface area contributed by atoms with Gasteiger partial charge in [-0.3, -0.25) is 5.10 Å². The number of aromatic nitrogens is 3. The lowest BCUT2D eigenvalue weighted by Gasteiger charge is -2.22. The Morgan fingerprint density at radius 2 is 2.05 bits per heavy atom. The summed E-state index contributed by atoms with van der Waals surface area (Å²) in [7, 11) is 0. The van der Waals surface area contributed by atoms with Crippen LogP contribution in [0.3, 0.4) is 0 Å². The molecular formula is C15H15N3OS. The van der Waals surface area contributed by atoms with E-state index in [4.69, 9.17) is 0 Å². The second kappa shape index (κ2) is 4.40. The number of fused-ring (bicyclic) bond motifs is 1. The predicted molar refractivity (Wildman–Crippen MR) is 79.6 cm³/mol. The molecule has 4 nitrogen and oxygen atoms in total. The topological polar surface area (TPSA) is 61.8 Å². The van der Waals surface area contributed by atoms with Gasteiger partial charge in [0, 0.05) is 11.6 Å². The second-order valence-electron chi connectivity index (χ2n) is 5.45. The van der Waals surface area contributed by atoms with Crippen LogP contribution < -0.4 is 0 Å². The molecule has 2 N–H and O–H groups in total. The monoisotopic (exact) mass is 285 g/mol. The third kappa shape index (κ3) is 1.77. The molecule has 1 saturated carbocycles. The number of hydrogen-bond acceptors (Lipinski definition) is 4. The Morgan fingerprint density at radius 1 is 1.20 bits per heavy atom. The van der Waals surface area contributed by atoms with E-state index >= 15 is 0 Å². The molecule has 0 aliphatic heterocycles. The minimum atomic E-state index is -0.656. The van der Waals surface area contributed by atoms with Gasteiger partial charge < -0.3 is 5.11 Å². The van der Waals surface area contributed by atoms with Gasteiger partial charge in [-0.05, 0) is 48.1 Å². The van der Waals surface area contributed by atoms with Crippen molar-refractivity contribution in [2.45, 2.75) is 31.3 Å². The van der Waals surface area contributed by atoms with Crippen LogP contribution in [0.15, 0.2) is 30.5 Å². The molecule has 2 aromatic heterocycles. The van der Waals surface area contributed by atoms with Crippen LogP contribution in [0.25, 0.3) is 21.5 Å². The van der Waals surface area contributed by atoms with E-state index in [1.54, 1.807) is 6.20 Å². The summed E-state index contributed by atoms with van der Waals surface area (Å²) in [6, 6.07) is 8.08. The number of nitrogens with one attached hydrogen (secondary N) is 1. The maximum atomic E-state index is 10.7. The second-order valence-corrected chi connectivity index (χ2v) is 6.28. The third-order valence-corrected chi connectivity index (χ3v) is 4.96. The van der Waals surface area contributed by atoms with Gasteiger partial charge in [0.2, 0.25) is 0 Å². The normalized spacial score (nSPS) is 17.9. The van der Waals surface area contributed by atoms with E-state index in [1.807, 2.05) is 18.2 Å². The van der Waals surface area contributed by atoms with Crippen LogP contribution in [-0.2, 0) is 5.60 Å². The molecule has 0 atom stereocenters. The zero-order valence-electron chi connectivity index (χ0n) is 11.0. The van der Waals surface area contributed by atoms with Gasteiger partial charge >= 0.3 is 0 Å². The van der Waals surface area contributed by atoms with Crippen molar-refractivity contribution in [3.8, 4) is 10.6 Å². The average molecular weight is 285 g/mol. The average Bonchev–Trinajstić information content (AvgIpc) is 3.17. The highest BCUT2D eigenvalue weighted by Gasteiger charge is 2.33. The largest absolute Gasteiger partial charge is 0.385 e. The van der Waals surface area contributed by atoms with Crippen molar-refractivity contribution < 1.29 is 5.11 Å². The van der Waals surface area contributed by atoms with E-state index in [1.165, 1.54) is 11.5 Å². The fourth-order valence-corrected chi connectivity index (χ4v) is 3.68. The Hall–Kier alpha value is -1.72. The maximum absolute atomic E-state index is 10.7. The molecule has 1 aliphatic carbocycles. The van der Waals surface area contributed by atoms with E-state index < -0.39 is 5.60 Å². The van der Waals surface area contributed by atoms with Crippen LogP contribution >= 0.6 is 11.5 Å². The van der Waals surface area contributed by atoms with Crippen molar-refractivity contribution >= 4 is 22.4 Å². The molecule has 1 aromatic carbocycles. The fourth-order valence-electron chi connectivity index (χ4n) is 3.08. The number of benzene rings is 1. The molecule has 0 spiro atoms. The Labute approximate surface area is 120 Å². The summed E-state index contributed by atoms with van der Waals surface area (Å²) in [6.07, 6.45) is 5.69. The fraction of sp³-hybridized carbons (Fsp3) is 0.333. The first-order chi connectivity index (χ1) is 9.76. The van der Waals surface area contributed by atoms with E-state index in [9.17, 15) is 5.11 Å². The van der Waals surface area contributed by atoms with Gasteiger partial charge in [-0.2, -0.15) is 5.10 Å². The van der Waals surface area contributed by atoms with Crippen LogP contribution in [0.1, 0.15) is 31.2 Å². The van der Waals surface area contributed by atoms with Gasteiger partial charge in [-0.1, -0.05) is 18.9 Å². The van der Waals surface area contributed by atoms with Crippen LogP contribution in [0, 0.1) is 0 Å². The highest BCUT2D eigenvalue weighted by Crippen LogP contribution is 2.40. The van der Waals surface area contributed by atoms with Gasteiger partial charge in [0.1, 0.15) is 5.69 Å². The molecule has 0 unspecified atom stereocenters. The summed E-state index contributed by atoms with van der Waals surface area (Å²) >= 11 is 1.44. The van der Waals surface area contributed by atoms with E-state index in [2.05, 4.69) is 20.6 Å². The highest BCUT2D eigenvalue weighted by molar-refractivity contribution is 7.09. The Balaban J connectivity index is 1.88. The first-order valence-corrected chi connectivity index (χ1v) is 7.66. The minimum Gasteiger partial charge on any atom is -0.385 e. The smallest absolute Gasteiger partial charge is 0.111 e. The summed E-state index contributed by atoms with van der Waals surface area (Å²) in [6.45, 7) is 0. The Morgan fingerprint density at radius 3 is 2.80 bits per heavy atom. The number of H-pyrrole nitrogens is 1. The molecule has 3 aromatic rings. The zero-order valence-corrected chi connectivity index (χ0v) is 11.8. The Kier molecular flexibility index (Phi) is 2.65. The van der Waals surface area contributed by atoms with E-state index in [0.29, 0.717) is 0 Å². The summed E-state index contributed by atoms with van der Waals surface area (Å²) < 4.78 is 4.14. The number of aliphatic hydroxyl groups is 1. The van der Waals surface area contributed by atoms with Gasteiger partial charge in [0.25, 0.3) is 0 Å². The van der Waals surface area contributed by atoms with Gasteiger partial charge in [-0.15, -0.1) is 0 Å². The molecule has 1 aliphatic rings. The minimum absolute atomic E-state index is 0.656. The first kappa shape index (κ1) is 12.1. The summed E-state index contributed by atoms with van der Waals surface area (Å²) in [5.74, 6) is 0. The summed E-state index contributed by atoms with van der Waals surface area (Å²) in [5, 5.41) is 19.2. The van der Waals surface area contributed by atoms with Crippen LogP contribution in [-0.4, -0.2) is 19.7 Å². The quantitative estimate of drug-likeness (QED) is 0.758. The van der Waals surface area contributed by atoms with Gasteiger partial charge in [-0.25, -0.2) is 4.37 Å². The molecule has 20 heavy (non-hydrogen) atoms. The molecule has 2 heterocycles. The van der Waals surface area contributed by atoms with Gasteiger partial charge in [0.15, 0.2) is 0 Å². The van der Waals surface area contributed by atoms with Crippen LogP contribution in [0.4, 0.5) is 0 Å². The SMILES string of the molecule is OC1(c2ccc3[nH]nc(-c4ccns4)c3c2)CCCC1. The molecule has 0 amide bonds. The molecule has 4 rings (SSSR count). The maximum Gasteiger partial charge on any atom is 0.111 e. The molecule has 5 heteroatoms. The molecule has 0 bridgehead atoms. The molecule has 0 radical (unpaired) electrons. The van der Waals surface area contributed by atoms with Crippen molar-refractivity contribution in [1.29, 1.82) is 0 Å². The summed E-state index contributed by atoms with van der Waals surface area (Å²) in [4.78, 5) is 1.05. The lowest BCUT2D eigenvalue weighted by atomic mass is 9.91. The van der Waals surface area contributed by atoms with Crippen LogP contribution in [0.5, 0.6) is 0 Å². The van der Waals surface area contributed by atoms with Crippen molar-refractivity contribution in [3.63, 3.8) is 0 Å². The standard InChI is InChI=1S/C15H15N3OS/c19-15(6-1-2-7-15)10-3-4-12-11(9-10)14(18-17-12)13-5-8-16-20-13/h3-5,8-9,19H,1-2,6-7H2,(H,17,18). The van der Waals surface area contributed by atoms with Crippen molar-refractivity contribution in [2.75, 3.05) is 0 Å². The predicted octanol–water partition coefficient (Wildman–Crippen LogP) is 3.45. The van der Waals surface area contributed by atoms with Gasteiger partial charge in [0.05, 0.1) is 16.0 Å². The lowest BCUT2D eigenvalue weighted by Crippen LogP contribution is -2.20. The molecule has 102 valence electrons. The lowest BCUT2D eigenvalue weighted by molar-refractivity contribution is 0.0446. The third-order valence-electron chi connectivity index (χ3n) is 4.20. The number of nitrogens with zero attached hydrogens (tertiary/aromatic N) is 2. The Bertz CT molecular complexity index is 742. The summed E-state index contributed by atoms with van der Waals surface area (Å²) in [5.41, 5.74) is 2.27. The number of aromatic amines is 1. The van der Waals surface area contributed by atoms with Crippen molar-refractivity contribution in [2.24, 2.45) is 0 Å². The van der Waals surface area contributed by atoms with Crippen molar-refractivity contribution in [3.05, 3.63) is 36.0 Å². The molecular weight excluding hydrogens is 270 g/mol. The number of rotatable bonds is 2. The molecule has 0 saturated heterocycles.